The maximum Gasteiger partial charge on any atom is 0.174 e. The first-order valence-corrected chi connectivity index (χ1v) is 9.02. The van der Waals surface area contributed by atoms with Crippen LogP contribution in [0.3, 0.4) is 0 Å². The maximum absolute atomic E-state index is 14.8. The fourth-order valence-electron chi connectivity index (χ4n) is 3.31. The molecule has 2 aromatic rings. The Balaban J connectivity index is 1.91. The van der Waals surface area contributed by atoms with Gasteiger partial charge >= 0.3 is 0 Å². The Morgan fingerprint density at radius 3 is 2.27 bits per heavy atom. The second-order valence-electron chi connectivity index (χ2n) is 6.56. The minimum atomic E-state index is -0.970. The van der Waals surface area contributed by atoms with Crippen molar-refractivity contribution in [3.63, 3.8) is 0 Å². The zero-order chi connectivity index (χ0) is 18.7. The van der Waals surface area contributed by atoms with Crippen molar-refractivity contribution in [1.29, 1.82) is 0 Å². The zero-order valence-electron chi connectivity index (χ0n) is 15.1. The van der Waals surface area contributed by atoms with Gasteiger partial charge in [0.15, 0.2) is 11.6 Å². The number of halogens is 3. The fraction of sp³-hybridized carbons (Fsp3) is 0.304. The molecule has 2 aromatic carbocycles. The number of allylic oxidation sites excluding steroid dienone is 2. The van der Waals surface area contributed by atoms with E-state index in [1.807, 2.05) is 6.07 Å². The smallest absolute Gasteiger partial charge is 0.174 e. The first-order chi connectivity index (χ1) is 12.5. The first-order valence-electron chi connectivity index (χ1n) is 9.02. The van der Waals surface area contributed by atoms with Gasteiger partial charge in [-0.15, -0.1) is 0 Å². The molecule has 0 bridgehead atoms. The third-order valence-corrected chi connectivity index (χ3v) is 4.80. The number of benzene rings is 2. The Morgan fingerprint density at radius 2 is 1.58 bits per heavy atom. The number of fused-ring (bicyclic) bond motifs is 1. The van der Waals surface area contributed by atoms with Crippen molar-refractivity contribution >= 4 is 0 Å². The summed E-state index contributed by atoms with van der Waals surface area (Å²) < 4.78 is 42.7. The minimum absolute atomic E-state index is 0.0538. The summed E-state index contributed by atoms with van der Waals surface area (Å²) in [4.78, 5) is 0. The van der Waals surface area contributed by atoms with Crippen LogP contribution in [0.2, 0.25) is 0 Å². The van der Waals surface area contributed by atoms with Crippen molar-refractivity contribution in [3.05, 3.63) is 81.2 Å². The predicted octanol–water partition coefficient (Wildman–Crippen LogP) is 5.89. The van der Waals surface area contributed by atoms with Gasteiger partial charge < -0.3 is 0 Å². The van der Waals surface area contributed by atoms with Crippen LogP contribution in [0.15, 0.2) is 35.9 Å². The highest BCUT2D eigenvalue weighted by molar-refractivity contribution is 5.49. The summed E-state index contributed by atoms with van der Waals surface area (Å²) in [5.41, 5.74) is 3.46. The van der Waals surface area contributed by atoms with Gasteiger partial charge in [-0.1, -0.05) is 55.9 Å². The SMILES string of the molecule is CCCC1=CCc2c(ccc(C#Cc3ccc(CC)c(F)c3F)c2F)C1. The van der Waals surface area contributed by atoms with E-state index in [0.29, 0.717) is 24.0 Å². The van der Waals surface area contributed by atoms with Gasteiger partial charge in [0.05, 0.1) is 11.1 Å². The van der Waals surface area contributed by atoms with Gasteiger partial charge in [0.25, 0.3) is 0 Å². The molecule has 0 amide bonds. The summed E-state index contributed by atoms with van der Waals surface area (Å²) in [6, 6.07) is 6.49. The molecule has 3 heteroatoms. The summed E-state index contributed by atoms with van der Waals surface area (Å²) in [5, 5.41) is 0. The molecule has 0 fully saturated rings. The molecule has 1 aliphatic carbocycles. The van der Waals surface area contributed by atoms with E-state index in [1.165, 1.54) is 17.7 Å². The number of rotatable bonds is 3. The minimum Gasteiger partial charge on any atom is -0.205 e. The van der Waals surface area contributed by atoms with Gasteiger partial charge in [-0.2, -0.15) is 0 Å². The lowest BCUT2D eigenvalue weighted by Gasteiger charge is -2.18. The quantitative estimate of drug-likeness (QED) is 0.476. The molecule has 134 valence electrons. The topological polar surface area (TPSA) is 0 Å². The Morgan fingerprint density at radius 1 is 0.885 bits per heavy atom. The van der Waals surface area contributed by atoms with Gasteiger partial charge in [0, 0.05) is 0 Å². The molecule has 0 nitrogen and oxygen atoms in total. The lowest BCUT2D eigenvalue weighted by molar-refractivity contribution is 0.498. The highest BCUT2D eigenvalue weighted by Gasteiger charge is 2.17. The van der Waals surface area contributed by atoms with Gasteiger partial charge in [-0.25, -0.2) is 13.2 Å². The molecule has 0 radical (unpaired) electrons. The van der Waals surface area contributed by atoms with Crippen molar-refractivity contribution in [3.8, 4) is 11.8 Å². The lowest BCUT2D eigenvalue weighted by atomic mass is 9.88. The third kappa shape index (κ3) is 3.55. The molecule has 3 rings (SSSR count). The number of hydrogen-bond donors (Lipinski definition) is 0. The van der Waals surface area contributed by atoms with Crippen LogP contribution in [0.25, 0.3) is 0 Å². The van der Waals surface area contributed by atoms with Crippen molar-refractivity contribution < 1.29 is 13.2 Å². The van der Waals surface area contributed by atoms with Gasteiger partial charge in [-0.3, -0.25) is 0 Å². The second kappa shape index (κ2) is 7.83. The zero-order valence-corrected chi connectivity index (χ0v) is 15.1. The van der Waals surface area contributed by atoms with E-state index in [-0.39, 0.29) is 16.9 Å². The van der Waals surface area contributed by atoms with E-state index in [9.17, 15) is 13.2 Å². The van der Waals surface area contributed by atoms with Crippen LogP contribution in [0, 0.1) is 29.3 Å². The maximum atomic E-state index is 14.8. The normalized spacial score (nSPS) is 12.9. The average molecular weight is 354 g/mol. The molecule has 1 aliphatic rings. The van der Waals surface area contributed by atoms with Gasteiger partial charge in [0.2, 0.25) is 0 Å². The van der Waals surface area contributed by atoms with E-state index < -0.39 is 11.6 Å². The molecule has 0 N–H and O–H groups in total. The molecule has 0 heterocycles. The summed E-state index contributed by atoms with van der Waals surface area (Å²) in [6.45, 7) is 3.89. The van der Waals surface area contributed by atoms with E-state index in [2.05, 4.69) is 24.8 Å². The largest absolute Gasteiger partial charge is 0.205 e. The molecule has 0 spiro atoms. The Labute approximate surface area is 152 Å². The van der Waals surface area contributed by atoms with Crippen molar-refractivity contribution in [2.75, 3.05) is 0 Å². The molecule has 0 saturated heterocycles. The fourth-order valence-corrected chi connectivity index (χ4v) is 3.31. The third-order valence-electron chi connectivity index (χ3n) is 4.80. The number of aryl methyl sites for hydroxylation is 1. The Bertz CT molecular complexity index is 927. The highest BCUT2D eigenvalue weighted by atomic mass is 19.2. The van der Waals surface area contributed by atoms with Crippen LogP contribution in [0.1, 0.15) is 54.5 Å². The van der Waals surface area contributed by atoms with Crippen LogP contribution >= 0.6 is 0 Å². The first kappa shape index (κ1) is 18.3. The van der Waals surface area contributed by atoms with E-state index in [1.54, 1.807) is 13.0 Å². The lowest BCUT2D eigenvalue weighted by Crippen LogP contribution is -2.07. The average Bonchev–Trinajstić information content (AvgIpc) is 2.64. The van der Waals surface area contributed by atoms with Crippen molar-refractivity contribution in [2.24, 2.45) is 0 Å². The van der Waals surface area contributed by atoms with Crippen LogP contribution in [-0.4, -0.2) is 0 Å². The van der Waals surface area contributed by atoms with E-state index in [0.717, 1.165) is 24.8 Å². The summed E-state index contributed by atoms with van der Waals surface area (Å²) in [5.74, 6) is 3.05. The summed E-state index contributed by atoms with van der Waals surface area (Å²) >= 11 is 0. The van der Waals surface area contributed by atoms with Crippen LogP contribution in [-0.2, 0) is 19.3 Å². The predicted molar refractivity (Wildman–Crippen MR) is 98.5 cm³/mol. The van der Waals surface area contributed by atoms with Gasteiger partial charge in [-0.05, 0) is 54.5 Å². The molecule has 0 unspecified atom stereocenters. The Hall–Kier alpha value is -2.47. The molecular weight excluding hydrogens is 333 g/mol. The molecule has 0 saturated carbocycles. The highest BCUT2D eigenvalue weighted by Crippen LogP contribution is 2.27. The second-order valence-corrected chi connectivity index (χ2v) is 6.56. The van der Waals surface area contributed by atoms with Crippen molar-refractivity contribution in [2.45, 2.75) is 46.0 Å². The number of hydrogen-bond acceptors (Lipinski definition) is 0. The molecular formula is C23H21F3. The van der Waals surface area contributed by atoms with Gasteiger partial charge in [0.1, 0.15) is 5.82 Å². The van der Waals surface area contributed by atoms with E-state index in [4.69, 9.17) is 0 Å². The summed E-state index contributed by atoms with van der Waals surface area (Å²) in [7, 11) is 0. The molecule has 0 aliphatic heterocycles. The van der Waals surface area contributed by atoms with Crippen LogP contribution in [0.5, 0.6) is 0 Å². The standard InChI is InChI=1S/C23H21F3/c1-3-5-15-6-13-20-19(14-15)12-11-17(21(20)24)9-10-18-8-7-16(4-2)22(25)23(18)26/h6-8,11-12H,3-5,13-14H2,1-2H3. The van der Waals surface area contributed by atoms with Crippen LogP contribution < -0.4 is 0 Å². The monoisotopic (exact) mass is 354 g/mol. The molecule has 0 aromatic heterocycles. The van der Waals surface area contributed by atoms with Crippen molar-refractivity contribution in [1.82, 2.24) is 0 Å². The molecule has 0 atom stereocenters. The molecule has 26 heavy (non-hydrogen) atoms. The summed E-state index contributed by atoms with van der Waals surface area (Å²) in [6.07, 6.45) is 5.92. The Kier molecular flexibility index (Phi) is 5.52. The van der Waals surface area contributed by atoms with E-state index >= 15 is 0 Å². The van der Waals surface area contributed by atoms with Crippen LogP contribution in [0.4, 0.5) is 13.2 Å².